The molecule has 3 atom stereocenters. The Morgan fingerprint density at radius 2 is 1.84 bits per heavy atom. The molecule has 0 radical (unpaired) electrons. The van der Waals surface area contributed by atoms with Crippen molar-refractivity contribution in [3.8, 4) is 0 Å². The van der Waals surface area contributed by atoms with E-state index in [1.807, 2.05) is 37.2 Å². The minimum atomic E-state index is -0.520. The van der Waals surface area contributed by atoms with Gasteiger partial charge in [-0.1, -0.05) is 57.2 Å². The molecule has 6 heteroatoms. The summed E-state index contributed by atoms with van der Waals surface area (Å²) in [5.41, 5.74) is 3.65. The van der Waals surface area contributed by atoms with E-state index in [4.69, 9.17) is 0 Å². The second-order valence-corrected chi connectivity index (χ2v) is 11.8. The van der Waals surface area contributed by atoms with Gasteiger partial charge >= 0.3 is 0 Å². The number of amides is 2. The van der Waals surface area contributed by atoms with Crippen molar-refractivity contribution in [3.05, 3.63) is 88.9 Å². The number of nitrogens with zero attached hydrogens (tertiary/aromatic N) is 2. The molecule has 1 N–H and O–H groups in total. The van der Waals surface area contributed by atoms with Gasteiger partial charge in [-0.05, 0) is 67.0 Å². The highest BCUT2D eigenvalue weighted by molar-refractivity contribution is 5.98. The van der Waals surface area contributed by atoms with Crippen molar-refractivity contribution in [2.45, 2.75) is 58.4 Å². The molecule has 0 aromatic heterocycles. The van der Waals surface area contributed by atoms with Gasteiger partial charge in [0, 0.05) is 37.9 Å². The third kappa shape index (κ3) is 5.85. The number of hydrogen-bond acceptors (Lipinski definition) is 3. The van der Waals surface area contributed by atoms with Crippen molar-refractivity contribution in [1.82, 2.24) is 9.80 Å². The lowest BCUT2D eigenvalue weighted by Crippen LogP contribution is -2.55. The van der Waals surface area contributed by atoms with E-state index >= 15 is 0 Å². The van der Waals surface area contributed by atoms with Gasteiger partial charge in [-0.3, -0.25) is 9.59 Å². The molecule has 2 unspecified atom stereocenters. The summed E-state index contributed by atoms with van der Waals surface area (Å²) in [6.07, 6.45) is 8.38. The van der Waals surface area contributed by atoms with Crippen molar-refractivity contribution < 1.29 is 14.0 Å². The molecular weight excluding hydrogens is 477 g/mol. The first kappa shape index (κ1) is 27.6. The Morgan fingerprint density at radius 3 is 2.47 bits per heavy atom. The van der Waals surface area contributed by atoms with Crippen LogP contribution in [0, 0.1) is 24.6 Å². The van der Waals surface area contributed by atoms with Crippen LogP contribution in [0.25, 0.3) is 0 Å². The lowest BCUT2D eigenvalue weighted by atomic mass is 9.77. The number of carbonyl (C=O) groups excluding carboxylic acids is 2. The van der Waals surface area contributed by atoms with Crippen LogP contribution in [0.2, 0.25) is 0 Å². The number of carbonyl (C=O) groups is 2. The molecule has 5 nitrogen and oxygen atoms in total. The second kappa shape index (κ2) is 11.1. The topological polar surface area (TPSA) is 52.7 Å². The van der Waals surface area contributed by atoms with Crippen LogP contribution < -0.4 is 5.32 Å². The smallest absolute Gasteiger partial charge is 0.257 e. The van der Waals surface area contributed by atoms with Crippen molar-refractivity contribution in [3.63, 3.8) is 0 Å². The van der Waals surface area contributed by atoms with Gasteiger partial charge in [0.1, 0.15) is 5.82 Å². The van der Waals surface area contributed by atoms with E-state index in [1.54, 1.807) is 24.0 Å². The third-order valence-corrected chi connectivity index (χ3v) is 7.78. The van der Waals surface area contributed by atoms with Crippen LogP contribution in [0.1, 0.15) is 61.5 Å². The average Bonchev–Trinajstić information content (AvgIpc) is 2.87. The zero-order valence-corrected chi connectivity index (χ0v) is 23.4. The van der Waals surface area contributed by atoms with E-state index < -0.39 is 11.7 Å². The molecule has 202 valence electrons. The molecule has 2 aromatic carbocycles. The maximum absolute atomic E-state index is 14.9. The standard InChI is InChI=1S/C32H40FN3O2/c1-21-10-7-14-27(33)28(21)31(38)36-19-9-13-26(29(36)22-15-17-25(18-16-22)35(5)6)30(37)34-24-12-8-11-23(20-24)32(2,3)4/h7-8,10-12,14-15,17-18,20,22,26,29H,9,13,16,19H2,1-6H3,(H,34,37)/t22?,26?,29-/m0/s1. The minimum Gasteiger partial charge on any atom is -0.378 e. The van der Waals surface area contributed by atoms with E-state index in [0.29, 0.717) is 31.4 Å². The zero-order chi connectivity index (χ0) is 27.6. The quantitative estimate of drug-likeness (QED) is 0.506. The van der Waals surface area contributed by atoms with E-state index in [0.717, 1.165) is 16.9 Å². The van der Waals surface area contributed by atoms with Crippen LogP contribution in [0.4, 0.5) is 10.1 Å². The molecule has 2 aliphatic rings. The van der Waals surface area contributed by atoms with Gasteiger partial charge in [-0.2, -0.15) is 0 Å². The van der Waals surface area contributed by atoms with Gasteiger partial charge in [-0.15, -0.1) is 0 Å². The summed E-state index contributed by atoms with van der Waals surface area (Å²) in [7, 11) is 3.99. The predicted octanol–water partition coefficient (Wildman–Crippen LogP) is 6.31. The summed E-state index contributed by atoms with van der Waals surface area (Å²) in [5.74, 6) is -1.42. The van der Waals surface area contributed by atoms with Gasteiger partial charge in [0.2, 0.25) is 5.91 Å². The molecule has 1 saturated heterocycles. The molecule has 4 rings (SSSR count). The number of piperidine rings is 1. The molecule has 0 saturated carbocycles. The Labute approximate surface area is 226 Å². The maximum atomic E-state index is 14.9. The molecular formula is C32H40FN3O2. The maximum Gasteiger partial charge on any atom is 0.257 e. The first-order valence-electron chi connectivity index (χ1n) is 13.5. The third-order valence-electron chi connectivity index (χ3n) is 7.78. The number of likely N-dealkylation sites (N-methyl/N-ethyl adjacent to an activating group) is 1. The number of anilines is 1. The number of nitrogens with one attached hydrogen (secondary N) is 1. The Kier molecular flexibility index (Phi) is 8.10. The van der Waals surface area contributed by atoms with Crippen LogP contribution >= 0.6 is 0 Å². The van der Waals surface area contributed by atoms with Crippen LogP contribution in [-0.4, -0.2) is 48.3 Å². The van der Waals surface area contributed by atoms with E-state index in [9.17, 15) is 14.0 Å². The number of halogens is 1. The average molecular weight is 518 g/mol. The highest BCUT2D eigenvalue weighted by Crippen LogP contribution is 2.36. The van der Waals surface area contributed by atoms with Crippen molar-refractivity contribution in [2.75, 3.05) is 26.0 Å². The van der Waals surface area contributed by atoms with E-state index in [2.05, 4.69) is 50.4 Å². The van der Waals surface area contributed by atoms with Crippen molar-refractivity contribution in [2.24, 2.45) is 11.8 Å². The summed E-state index contributed by atoms with van der Waals surface area (Å²) < 4.78 is 14.9. The fraction of sp³-hybridized carbons (Fsp3) is 0.438. The van der Waals surface area contributed by atoms with Gasteiger partial charge in [0.25, 0.3) is 5.91 Å². The van der Waals surface area contributed by atoms with Gasteiger partial charge < -0.3 is 15.1 Å². The van der Waals surface area contributed by atoms with Gasteiger partial charge in [0.15, 0.2) is 0 Å². The first-order chi connectivity index (χ1) is 18.0. The lowest BCUT2D eigenvalue weighted by molar-refractivity contribution is -0.123. The Morgan fingerprint density at radius 1 is 1.11 bits per heavy atom. The number of benzene rings is 2. The molecule has 1 heterocycles. The van der Waals surface area contributed by atoms with Crippen LogP contribution in [0.3, 0.4) is 0 Å². The number of rotatable bonds is 5. The van der Waals surface area contributed by atoms with Gasteiger partial charge in [-0.25, -0.2) is 4.39 Å². The van der Waals surface area contributed by atoms with E-state index in [1.165, 1.54) is 6.07 Å². The second-order valence-electron chi connectivity index (χ2n) is 11.8. The van der Waals surface area contributed by atoms with Gasteiger partial charge in [0.05, 0.1) is 17.5 Å². The van der Waals surface area contributed by atoms with E-state index in [-0.39, 0.29) is 34.8 Å². The highest BCUT2D eigenvalue weighted by Gasteiger charge is 2.43. The number of hydrogen-bond donors (Lipinski definition) is 1. The Hall–Kier alpha value is -3.41. The molecule has 1 aliphatic heterocycles. The Bertz CT molecular complexity index is 1240. The number of likely N-dealkylation sites (tertiary alicyclic amines) is 1. The molecule has 0 spiro atoms. The fourth-order valence-electron chi connectivity index (χ4n) is 5.63. The number of allylic oxidation sites excluding steroid dienone is 2. The first-order valence-corrected chi connectivity index (χ1v) is 13.5. The highest BCUT2D eigenvalue weighted by atomic mass is 19.1. The van der Waals surface area contributed by atoms with Crippen LogP contribution in [0.15, 0.2) is 66.4 Å². The monoisotopic (exact) mass is 517 g/mol. The largest absolute Gasteiger partial charge is 0.378 e. The normalized spacial score (nSPS) is 21.6. The molecule has 2 aromatic rings. The lowest BCUT2D eigenvalue weighted by Gasteiger charge is -2.44. The molecule has 38 heavy (non-hydrogen) atoms. The van der Waals surface area contributed by atoms with Crippen molar-refractivity contribution in [1.29, 1.82) is 0 Å². The number of aryl methyl sites for hydroxylation is 1. The molecule has 1 fully saturated rings. The molecule has 1 aliphatic carbocycles. The fourth-order valence-corrected chi connectivity index (χ4v) is 5.63. The molecule has 2 amide bonds. The Balaban J connectivity index is 1.67. The predicted molar refractivity (Wildman–Crippen MR) is 151 cm³/mol. The van der Waals surface area contributed by atoms with Crippen LogP contribution in [-0.2, 0) is 10.2 Å². The summed E-state index contributed by atoms with van der Waals surface area (Å²) in [6, 6.07) is 12.3. The summed E-state index contributed by atoms with van der Waals surface area (Å²) in [6.45, 7) is 8.68. The zero-order valence-electron chi connectivity index (χ0n) is 23.4. The van der Waals surface area contributed by atoms with Crippen molar-refractivity contribution >= 4 is 17.5 Å². The minimum absolute atomic E-state index is 0.0433. The summed E-state index contributed by atoms with van der Waals surface area (Å²) in [4.78, 5) is 31.5. The van der Waals surface area contributed by atoms with Crippen LogP contribution in [0.5, 0.6) is 0 Å². The summed E-state index contributed by atoms with van der Waals surface area (Å²) in [5, 5.41) is 3.14. The summed E-state index contributed by atoms with van der Waals surface area (Å²) >= 11 is 0. The molecule has 0 bridgehead atoms. The SMILES string of the molecule is Cc1cccc(F)c1C(=O)N1CCCC(C(=O)Nc2cccc(C(C)(C)C)c2)[C@@H]1C1C=CC(N(C)C)=CC1.